The van der Waals surface area contributed by atoms with Crippen molar-refractivity contribution in [3.8, 4) is 0 Å². The molecule has 6 heteroatoms. The normalized spacial score (nSPS) is 10.2. The van der Waals surface area contributed by atoms with Crippen LogP contribution in [0.1, 0.15) is 36.3 Å². The Morgan fingerprint density at radius 1 is 1.35 bits per heavy atom. The number of nitrogens with zero attached hydrogens (tertiary/aromatic N) is 2. The number of aromatic nitrogens is 1. The smallest absolute Gasteiger partial charge is 0.325 e. The molecule has 0 aromatic carbocycles. The van der Waals surface area contributed by atoms with E-state index >= 15 is 0 Å². The van der Waals surface area contributed by atoms with Crippen LogP contribution in [0.25, 0.3) is 0 Å². The number of esters is 1. The highest BCUT2D eigenvalue weighted by molar-refractivity contribution is 6.29. The highest BCUT2D eigenvalue weighted by Crippen LogP contribution is 2.14. The molecule has 0 radical (unpaired) electrons. The molecule has 20 heavy (non-hydrogen) atoms. The van der Waals surface area contributed by atoms with E-state index < -0.39 is 5.97 Å². The lowest BCUT2D eigenvalue weighted by Crippen LogP contribution is -2.36. The number of methoxy groups -OCH3 is 1. The van der Waals surface area contributed by atoms with Gasteiger partial charge in [-0.25, -0.2) is 4.98 Å². The maximum absolute atomic E-state index is 12.4. The van der Waals surface area contributed by atoms with Crippen molar-refractivity contribution in [2.45, 2.75) is 26.7 Å². The van der Waals surface area contributed by atoms with Gasteiger partial charge < -0.3 is 9.64 Å². The quantitative estimate of drug-likeness (QED) is 0.597. The maximum atomic E-state index is 12.4. The molecule has 0 bridgehead atoms. The van der Waals surface area contributed by atoms with Crippen LogP contribution in [0.2, 0.25) is 5.15 Å². The predicted octanol–water partition coefficient (Wildman–Crippen LogP) is 2.32. The minimum atomic E-state index is -0.450. The molecule has 1 aromatic rings. The van der Waals surface area contributed by atoms with E-state index in [1.165, 1.54) is 18.1 Å². The molecule has 0 aliphatic carbocycles. The number of rotatable bonds is 6. The van der Waals surface area contributed by atoms with Gasteiger partial charge in [-0.1, -0.05) is 24.9 Å². The summed E-state index contributed by atoms with van der Waals surface area (Å²) < 4.78 is 4.58. The van der Waals surface area contributed by atoms with E-state index in [0.29, 0.717) is 12.1 Å². The van der Waals surface area contributed by atoms with Crippen LogP contribution in [-0.2, 0) is 16.0 Å². The summed E-state index contributed by atoms with van der Waals surface area (Å²) in [4.78, 5) is 29.2. The highest BCUT2D eigenvalue weighted by Gasteiger charge is 2.18. The molecule has 0 fully saturated rings. The van der Waals surface area contributed by atoms with Crippen molar-refractivity contribution in [1.29, 1.82) is 0 Å². The molecule has 1 rings (SSSR count). The minimum absolute atomic E-state index is 0.0745. The number of ether oxygens (including phenoxy) is 1. The van der Waals surface area contributed by atoms with Gasteiger partial charge in [-0.05, 0) is 25.5 Å². The molecule has 1 aromatic heterocycles. The summed E-state index contributed by atoms with van der Waals surface area (Å²) in [5.74, 6) is -0.700. The maximum Gasteiger partial charge on any atom is 0.325 e. The van der Waals surface area contributed by atoms with Crippen LogP contribution < -0.4 is 0 Å². The van der Waals surface area contributed by atoms with Crippen LogP contribution in [0.3, 0.4) is 0 Å². The summed E-state index contributed by atoms with van der Waals surface area (Å²) in [5.41, 5.74) is 1.22. The van der Waals surface area contributed by atoms with Gasteiger partial charge in [-0.3, -0.25) is 9.59 Å². The molecule has 0 atom stereocenters. The molecular weight excluding hydrogens is 280 g/mol. The van der Waals surface area contributed by atoms with Gasteiger partial charge in [0.25, 0.3) is 5.91 Å². The third-order valence-corrected chi connectivity index (χ3v) is 3.01. The van der Waals surface area contributed by atoms with Crippen molar-refractivity contribution in [3.05, 3.63) is 28.5 Å². The average molecular weight is 299 g/mol. The van der Waals surface area contributed by atoms with Crippen LogP contribution in [0, 0.1) is 0 Å². The molecule has 0 spiro atoms. The number of aryl methyl sites for hydroxylation is 1. The number of pyridine rings is 1. The van der Waals surface area contributed by atoms with Gasteiger partial charge in [-0.15, -0.1) is 0 Å². The Hall–Kier alpha value is -1.62. The fourth-order valence-electron chi connectivity index (χ4n) is 1.79. The standard InChI is InChI=1S/C14H19ClN2O3/c1-4-6-11-7-10(8-12(15)16-11)14(19)17(5-2)9-13(18)20-3/h7-8H,4-6,9H2,1-3H3. The molecule has 0 saturated carbocycles. The lowest BCUT2D eigenvalue weighted by atomic mass is 10.1. The molecule has 0 unspecified atom stereocenters. The largest absolute Gasteiger partial charge is 0.468 e. The monoisotopic (exact) mass is 298 g/mol. The van der Waals surface area contributed by atoms with Gasteiger partial charge in [0.2, 0.25) is 0 Å². The second kappa shape index (κ2) is 7.85. The van der Waals surface area contributed by atoms with E-state index in [0.717, 1.165) is 18.5 Å². The lowest BCUT2D eigenvalue weighted by molar-refractivity contribution is -0.141. The van der Waals surface area contributed by atoms with Crippen molar-refractivity contribution < 1.29 is 14.3 Å². The molecular formula is C14H19ClN2O3. The third kappa shape index (κ3) is 4.49. The fraction of sp³-hybridized carbons (Fsp3) is 0.500. The minimum Gasteiger partial charge on any atom is -0.468 e. The summed E-state index contributed by atoms with van der Waals surface area (Å²) >= 11 is 5.94. The van der Waals surface area contributed by atoms with Crippen LogP contribution in [0.5, 0.6) is 0 Å². The average Bonchev–Trinajstić information content (AvgIpc) is 2.43. The summed E-state index contributed by atoms with van der Waals surface area (Å²) in [5, 5.41) is 0.286. The van der Waals surface area contributed by atoms with Gasteiger partial charge in [0.1, 0.15) is 11.7 Å². The summed E-state index contributed by atoms with van der Waals surface area (Å²) in [6.45, 7) is 4.17. The SMILES string of the molecule is CCCc1cc(C(=O)N(CC)CC(=O)OC)cc(Cl)n1. The van der Waals surface area contributed by atoms with E-state index in [2.05, 4.69) is 9.72 Å². The van der Waals surface area contributed by atoms with E-state index in [9.17, 15) is 9.59 Å². The second-order valence-corrected chi connectivity index (χ2v) is 4.70. The third-order valence-electron chi connectivity index (χ3n) is 2.82. The zero-order valence-corrected chi connectivity index (χ0v) is 12.7. The summed E-state index contributed by atoms with van der Waals surface area (Å²) in [6.07, 6.45) is 1.67. The number of carbonyl (C=O) groups excluding carboxylic acids is 2. The van der Waals surface area contributed by atoms with Gasteiger partial charge in [0, 0.05) is 17.8 Å². The first-order chi connectivity index (χ1) is 9.51. The van der Waals surface area contributed by atoms with Gasteiger partial charge in [0.15, 0.2) is 0 Å². The number of amides is 1. The van der Waals surface area contributed by atoms with Crippen molar-refractivity contribution >= 4 is 23.5 Å². The fourth-order valence-corrected chi connectivity index (χ4v) is 2.02. The zero-order chi connectivity index (χ0) is 15.1. The number of hydrogen-bond donors (Lipinski definition) is 0. The first-order valence-electron chi connectivity index (χ1n) is 6.54. The molecule has 1 amide bonds. The second-order valence-electron chi connectivity index (χ2n) is 4.32. The number of halogens is 1. The molecule has 0 N–H and O–H groups in total. The summed E-state index contributed by atoms with van der Waals surface area (Å²) in [6, 6.07) is 3.24. The Morgan fingerprint density at radius 2 is 2.05 bits per heavy atom. The van der Waals surface area contributed by atoms with Crippen LogP contribution in [0.15, 0.2) is 12.1 Å². The number of carbonyl (C=O) groups is 2. The van der Waals surface area contributed by atoms with E-state index in [1.54, 1.807) is 13.0 Å². The van der Waals surface area contributed by atoms with Crippen LogP contribution in [-0.4, -0.2) is 42.0 Å². The van der Waals surface area contributed by atoms with E-state index in [1.807, 2.05) is 6.92 Å². The van der Waals surface area contributed by atoms with E-state index in [-0.39, 0.29) is 17.6 Å². The molecule has 0 saturated heterocycles. The van der Waals surface area contributed by atoms with Crippen molar-refractivity contribution in [2.75, 3.05) is 20.2 Å². The topological polar surface area (TPSA) is 59.5 Å². The molecule has 0 aliphatic rings. The molecule has 0 aliphatic heterocycles. The Labute approximate surface area is 123 Å². The van der Waals surface area contributed by atoms with Crippen LogP contribution >= 0.6 is 11.6 Å². The molecule has 1 heterocycles. The van der Waals surface area contributed by atoms with Gasteiger partial charge in [-0.2, -0.15) is 0 Å². The molecule has 110 valence electrons. The van der Waals surface area contributed by atoms with Crippen molar-refractivity contribution in [3.63, 3.8) is 0 Å². The Bertz CT molecular complexity index is 491. The Kier molecular flexibility index (Phi) is 6.45. The first kappa shape index (κ1) is 16.4. The van der Waals surface area contributed by atoms with Gasteiger partial charge in [0.05, 0.1) is 7.11 Å². The Balaban J connectivity index is 2.96. The Morgan fingerprint density at radius 3 is 2.60 bits per heavy atom. The lowest BCUT2D eigenvalue weighted by Gasteiger charge is -2.19. The number of hydrogen-bond acceptors (Lipinski definition) is 4. The highest BCUT2D eigenvalue weighted by atomic mass is 35.5. The first-order valence-corrected chi connectivity index (χ1v) is 6.92. The molecule has 5 nitrogen and oxygen atoms in total. The number of likely N-dealkylation sites (N-methyl/N-ethyl adjacent to an activating group) is 1. The zero-order valence-electron chi connectivity index (χ0n) is 12.0. The van der Waals surface area contributed by atoms with E-state index in [4.69, 9.17) is 11.6 Å². The summed E-state index contributed by atoms with van der Waals surface area (Å²) in [7, 11) is 1.29. The van der Waals surface area contributed by atoms with Crippen LogP contribution in [0.4, 0.5) is 0 Å². The van der Waals surface area contributed by atoms with Crippen molar-refractivity contribution in [1.82, 2.24) is 9.88 Å². The predicted molar refractivity (Wildman–Crippen MR) is 76.8 cm³/mol. The van der Waals surface area contributed by atoms with Gasteiger partial charge >= 0.3 is 5.97 Å². The van der Waals surface area contributed by atoms with Crippen molar-refractivity contribution in [2.24, 2.45) is 0 Å².